The summed E-state index contributed by atoms with van der Waals surface area (Å²) < 4.78 is 2.02. The summed E-state index contributed by atoms with van der Waals surface area (Å²) >= 11 is 0. The van der Waals surface area contributed by atoms with Gasteiger partial charge in [0.05, 0.1) is 6.04 Å². The Balaban J connectivity index is 2.61. The first-order valence-electron chi connectivity index (χ1n) is 5.78. The molecule has 7 heteroatoms. The van der Waals surface area contributed by atoms with E-state index in [0.29, 0.717) is 6.42 Å². The van der Waals surface area contributed by atoms with E-state index in [1.54, 1.807) is 0 Å². The lowest BCUT2D eigenvalue weighted by atomic mass is 10.0. The van der Waals surface area contributed by atoms with Gasteiger partial charge in [-0.1, -0.05) is 0 Å². The molecule has 0 amide bonds. The maximum absolute atomic E-state index is 12.2. The second kappa shape index (κ2) is 4.41. The van der Waals surface area contributed by atoms with E-state index in [4.69, 9.17) is 5.73 Å². The second-order valence-corrected chi connectivity index (χ2v) is 4.48. The number of nitrogens with two attached hydrogens (primary N) is 1. The van der Waals surface area contributed by atoms with Crippen LogP contribution in [-0.4, -0.2) is 27.5 Å². The highest BCUT2D eigenvalue weighted by molar-refractivity contribution is 6.03. The van der Waals surface area contributed by atoms with Crippen molar-refractivity contribution in [2.75, 3.05) is 12.3 Å². The number of carbonyl (C=O) groups excluding carboxylic acids is 1. The zero-order valence-corrected chi connectivity index (χ0v) is 10.4. The van der Waals surface area contributed by atoms with Gasteiger partial charge in [-0.25, -0.2) is 4.79 Å². The molecule has 0 spiro atoms. The predicted molar refractivity (Wildman–Crippen MR) is 66.7 cm³/mol. The van der Waals surface area contributed by atoms with Crippen molar-refractivity contribution in [1.82, 2.24) is 14.5 Å². The highest BCUT2D eigenvalue weighted by Gasteiger charge is 2.28. The first-order valence-corrected chi connectivity index (χ1v) is 5.78. The normalized spacial score (nSPS) is 19.1. The van der Waals surface area contributed by atoms with Crippen molar-refractivity contribution < 1.29 is 4.79 Å². The minimum atomic E-state index is -0.630. The molecule has 0 aromatic carbocycles. The highest BCUT2D eigenvalue weighted by Crippen LogP contribution is 2.13. The number of rotatable bonds is 2. The van der Waals surface area contributed by atoms with Gasteiger partial charge >= 0.3 is 5.69 Å². The van der Waals surface area contributed by atoms with E-state index in [1.165, 1.54) is 14.1 Å². The van der Waals surface area contributed by atoms with E-state index in [2.05, 4.69) is 5.32 Å². The monoisotopic (exact) mass is 252 g/mol. The third kappa shape index (κ3) is 1.76. The summed E-state index contributed by atoms with van der Waals surface area (Å²) in [6.45, 7) is 0.752. The molecule has 1 fully saturated rings. The van der Waals surface area contributed by atoms with Gasteiger partial charge in [0.1, 0.15) is 11.4 Å². The van der Waals surface area contributed by atoms with Crippen LogP contribution in [0.15, 0.2) is 9.59 Å². The van der Waals surface area contributed by atoms with Gasteiger partial charge in [0.2, 0.25) is 0 Å². The summed E-state index contributed by atoms with van der Waals surface area (Å²) in [7, 11) is 2.78. The molecule has 1 aromatic heterocycles. The Morgan fingerprint density at radius 3 is 2.56 bits per heavy atom. The van der Waals surface area contributed by atoms with Crippen LogP contribution in [0.5, 0.6) is 0 Å². The fraction of sp³-hybridized carbons (Fsp3) is 0.545. The molecule has 1 unspecified atom stereocenters. The Hall–Kier alpha value is -1.89. The predicted octanol–water partition coefficient (Wildman–Crippen LogP) is -1.40. The van der Waals surface area contributed by atoms with Gasteiger partial charge in [-0.3, -0.25) is 18.7 Å². The van der Waals surface area contributed by atoms with E-state index in [-0.39, 0.29) is 23.2 Å². The SMILES string of the molecule is Cn1c(N)c(C(=O)C2CCCN2)c(=O)n(C)c1=O. The first kappa shape index (κ1) is 12.6. The summed E-state index contributed by atoms with van der Waals surface area (Å²) in [4.78, 5) is 35.8. The lowest BCUT2D eigenvalue weighted by molar-refractivity contribution is 0.0950. The molecule has 3 N–H and O–H groups in total. The molecule has 1 aliphatic rings. The van der Waals surface area contributed by atoms with E-state index < -0.39 is 11.2 Å². The third-order valence-electron chi connectivity index (χ3n) is 3.33. The van der Waals surface area contributed by atoms with Crippen LogP contribution in [-0.2, 0) is 14.1 Å². The fourth-order valence-electron chi connectivity index (χ4n) is 2.17. The fourth-order valence-corrected chi connectivity index (χ4v) is 2.17. The van der Waals surface area contributed by atoms with Crippen molar-refractivity contribution in [2.45, 2.75) is 18.9 Å². The average Bonchev–Trinajstić information content (AvgIpc) is 2.88. The zero-order valence-electron chi connectivity index (χ0n) is 10.4. The molecule has 1 aliphatic heterocycles. The van der Waals surface area contributed by atoms with Crippen molar-refractivity contribution in [2.24, 2.45) is 14.1 Å². The Morgan fingerprint density at radius 2 is 2.00 bits per heavy atom. The largest absolute Gasteiger partial charge is 0.384 e. The molecule has 1 saturated heterocycles. The summed E-state index contributed by atoms with van der Waals surface area (Å²) in [6, 6.07) is -0.377. The number of nitrogen functional groups attached to an aromatic ring is 1. The minimum absolute atomic E-state index is 0.0678. The van der Waals surface area contributed by atoms with Crippen LogP contribution >= 0.6 is 0 Å². The summed E-state index contributed by atoms with van der Waals surface area (Å²) in [5.41, 5.74) is 4.46. The van der Waals surface area contributed by atoms with Gasteiger partial charge in [-0.05, 0) is 19.4 Å². The quantitative estimate of drug-likeness (QED) is 0.631. The maximum Gasteiger partial charge on any atom is 0.332 e. The van der Waals surface area contributed by atoms with Crippen LogP contribution < -0.4 is 22.3 Å². The molecule has 0 aliphatic carbocycles. The van der Waals surface area contributed by atoms with Gasteiger partial charge in [0.15, 0.2) is 5.78 Å². The molecule has 98 valence electrons. The maximum atomic E-state index is 12.2. The summed E-state index contributed by atoms with van der Waals surface area (Å²) in [5.74, 6) is -0.400. The number of carbonyl (C=O) groups is 1. The van der Waals surface area contributed by atoms with E-state index in [9.17, 15) is 14.4 Å². The number of nitrogens with one attached hydrogen (secondary N) is 1. The Labute approximate surface area is 103 Å². The number of aromatic nitrogens is 2. The second-order valence-electron chi connectivity index (χ2n) is 4.48. The smallest absolute Gasteiger partial charge is 0.332 e. The van der Waals surface area contributed by atoms with Crippen molar-refractivity contribution in [3.05, 3.63) is 26.4 Å². The topological polar surface area (TPSA) is 99.1 Å². The van der Waals surface area contributed by atoms with Gasteiger partial charge in [-0.15, -0.1) is 0 Å². The van der Waals surface area contributed by atoms with Crippen molar-refractivity contribution in [3.63, 3.8) is 0 Å². The third-order valence-corrected chi connectivity index (χ3v) is 3.33. The van der Waals surface area contributed by atoms with Gasteiger partial charge in [-0.2, -0.15) is 0 Å². The van der Waals surface area contributed by atoms with Gasteiger partial charge in [0.25, 0.3) is 5.56 Å². The lowest BCUT2D eigenvalue weighted by Crippen LogP contribution is -2.44. The standard InChI is InChI=1S/C11H16N4O3/c1-14-9(12)7(10(17)15(2)11(14)18)8(16)6-4-3-5-13-6/h6,13H,3-5,12H2,1-2H3. The average molecular weight is 252 g/mol. The number of anilines is 1. The van der Waals surface area contributed by atoms with E-state index in [1.807, 2.05) is 0 Å². The van der Waals surface area contributed by atoms with Gasteiger partial charge < -0.3 is 11.1 Å². The number of Topliss-reactive ketones (excluding diaryl/α,β-unsaturated/α-hetero) is 1. The van der Waals surface area contributed by atoms with Crippen LogP contribution in [0.25, 0.3) is 0 Å². The number of hydrogen-bond donors (Lipinski definition) is 2. The minimum Gasteiger partial charge on any atom is -0.384 e. The molecule has 2 rings (SSSR count). The molecular weight excluding hydrogens is 236 g/mol. The molecule has 18 heavy (non-hydrogen) atoms. The van der Waals surface area contributed by atoms with Crippen LogP contribution in [0.3, 0.4) is 0 Å². The number of nitrogens with zero attached hydrogens (tertiary/aromatic N) is 2. The zero-order chi connectivity index (χ0) is 13.4. The van der Waals surface area contributed by atoms with Crippen molar-refractivity contribution >= 4 is 11.6 Å². The molecule has 0 bridgehead atoms. The Bertz CT molecular complexity index is 608. The molecule has 2 heterocycles. The van der Waals surface area contributed by atoms with Crippen molar-refractivity contribution in [3.8, 4) is 0 Å². The van der Waals surface area contributed by atoms with Crippen molar-refractivity contribution in [1.29, 1.82) is 0 Å². The molecular formula is C11H16N4O3. The van der Waals surface area contributed by atoms with E-state index >= 15 is 0 Å². The number of ketones is 1. The highest BCUT2D eigenvalue weighted by atomic mass is 16.2. The lowest BCUT2D eigenvalue weighted by Gasteiger charge is -2.13. The Morgan fingerprint density at radius 1 is 1.33 bits per heavy atom. The van der Waals surface area contributed by atoms with Gasteiger partial charge in [0, 0.05) is 14.1 Å². The van der Waals surface area contributed by atoms with Crippen LogP contribution in [0.1, 0.15) is 23.2 Å². The van der Waals surface area contributed by atoms with Crippen LogP contribution in [0, 0.1) is 0 Å². The summed E-state index contributed by atoms with van der Waals surface area (Å²) in [5, 5.41) is 3.02. The molecule has 1 atom stereocenters. The summed E-state index contributed by atoms with van der Waals surface area (Å²) in [6.07, 6.45) is 1.58. The van der Waals surface area contributed by atoms with E-state index in [0.717, 1.165) is 22.1 Å². The molecule has 0 radical (unpaired) electrons. The first-order chi connectivity index (χ1) is 8.45. The molecule has 7 nitrogen and oxygen atoms in total. The molecule has 0 saturated carbocycles. The molecule has 1 aromatic rings. The van der Waals surface area contributed by atoms with Crippen LogP contribution in [0.4, 0.5) is 5.82 Å². The van der Waals surface area contributed by atoms with Crippen LogP contribution in [0.2, 0.25) is 0 Å². The number of hydrogen-bond acceptors (Lipinski definition) is 5. The Kier molecular flexibility index (Phi) is 3.08.